The van der Waals surface area contributed by atoms with E-state index in [1.165, 1.54) is 5.56 Å². The minimum absolute atomic E-state index is 0.664. The molecule has 0 spiro atoms. The molecule has 0 saturated carbocycles. The molecule has 2 heterocycles. The van der Waals surface area contributed by atoms with Crippen LogP contribution in [0.4, 0.5) is 0 Å². The molecule has 5 rings (SSSR count). The van der Waals surface area contributed by atoms with E-state index in [-0.39, 0.29) is 0 Å². The van der Waals surface area contributed by atoms with Gasteiger partial charge >= 0.3 is 0 Å². The summed E-state index contributed by atoms with van der Waals surface area (Å²) in [6.45, 7) is 2.09. The molecule has 0 bridgehead atoms. The average molecular weight is 480 g/mol. The normalized spacial score (nSPS) is 11.2. The van der Waals surface area contributed by atoms with Gasteiger partial charge in [0.2, 0.25) is 0 Å². The smallest absolute Gasteiger partial charge is 0.161 e. The van der Waals surface area contributed by atoms with Gasteiger partial charge in [-0.25, -0.2) is 9.67 Å². The first kappa shape index (κ1) is 22.6. The molecule has 0 saturated heterocycles. The zero-order valence-corrected chi connectivity index (χ0v) is 20.6. The number of benzene rings is 3. The maximum absolute atomic E-state index is 5.53. The number of aromatic nitrogens is 3. The van der Waals surface area contributed by atoms with Gasteiger partial charge in [0.05, 0.1) is 25.6 Å². The minimum Gasteiger partial charge on any atom is -0.493 e. The van der Waals surface area contributed by atoms with Crippen molar-refractivity contribution in [2.75, 3.05) is 14.2 Å². The molecule has 0 amide bonds. The van der Waals surface area contributed by atoms with Gasteiger partial charge < -0.3 is 9.47 Å². The number of thiazole rings is 1. The zero-order chi connectivity index (χ0) is 24.2. The molecule has 0 aliphatic carbocycles. The van der Waals surface area contributed by atoms with Crippen LogP contribution in [0, 0.1) is 6.92 Å². The molecule has 6 heteroatoms. The lowest BCUT2D eigenvalue weighted by molar-refractivity contribution is 0.355. The SMILES string of the molecule is COc1ccc(-c2nn(-c3ccccc3)cc2C=Cc2nc(-c3ccc(C)cc3)cs2)cc1OC. The average Bonchev–Trinajstić information content (AvgIpc) is 3.55. The largest absolute Gasteiger partial charge is 0.493 e. The quantitative estimate of drug-likeness (QED) is 0.248. The van der Waals surface area contributed by atoms with Crippen LogP contribution in [0.3, 0.4) is 0 Å². The summed E-state index contributed by atoms with van der Waals surface area (Å²) in [6, 6.07) is 24.4. The summed E-state index contributed by atoms with van der Waals surface area (Å²) >= 11 is 1.62. The summed E-state index contributed by atoms with van der Waals surface area (Å²) in [5.74, 6) is 1.35. The maximum atomic E-state index is 5.53. The Morgan fingerprint density at radius 2 is 1.57 bits per heavy atom. The van der Waals surface area contributed by atoms with Crippen LogP contribution < -0.4 is 9.47 Å². The highest BCUT2D eigenvalue weighted by Crippen LogP contribution is 2.34. The van der Waals surface area contributed by atoms with Gasteiger partial charge in [0, 0.05) is 28.3 Å². The van der Waals surface area contributed by atoms with Crippen LogP contribution in [0.5, 0.6) is 11.5 Å². The van der Waals surface area contributed by atoms with Crippen LogP contribution in [0.25, 0.3) is 40.4 Å². The number of hydrogen-bond donors (Lipinski definition) is 0. The molecule has 174 valence electrons. The third-order valence-electron chi connectivity index (χ3n) is 5.70. The van der Waals surface area contributed by atoms with Gasteiger partial charge in [0.1, 0.15) is 10.7 Å². The Kier molecular flexibility index (Phi) is 6.46. The van der Waals surface area contributed by atoms with Crippen LogP contribution in [0.1, 0.15) is 16.1 Å². The number of methoxy groups -OCH3 is 2. The maximum Gasteiger partial charge on any atom is 0.161 e. The van der Waals surface area contributed by atoms with E-state index in [0.717, 1.165) is 38.8 Å². The van der Waals surface area contributed by atoms with Gasteiger partial charge in [0.25, 0.3) is 0 Å². The van der Waals surface area contributed by atoms with E-state index in [9.17, 15) is 0 Å². The summed E-state index contributed by atoms with van der Waals surface area (Å²) in [5, 5.41) is 7.93. The first-order valence-corrected chi connectivity index (χ1v) is 12.1. The first-order valence-electron chi connectivity index (χ1n) is 11.2. The molecule has 0 radical (unpaired) electrons. The summed E-state index contributed by atoms with van der Waals surface area (Å²) in [7, 11) is 3.27. The number of ether oxygens (including phenoxy) is 2. The molecule has 0 unspecified atom stereocenters. The Labute approximate surface area is 208 Å². The number of hydrogen-bond acceptors (Lipinski definition) is 5. The molecule has 0 aliphatic heterocycles. The van der Waals surface area contributed by atoms with Crippen molar-refractivity contribution in [3.8, 4) is 39.7 Å². The second-order valence-electron chi connectivity index (χ2n) is 8.05. The molecule has 0 aliphatic rings. The lowest BCUT2D eigenvalue weighted by atomic mass is 10.1. The number of rotatable bonds is 7. The molecule has 5 aromatic rings. The molecule has 0 N–H and O–H groups in total. The first-order chi connectivity index (χ1) is 17.1. The molecule has 5 nitrogen and oxygen atoms in total. The molecule has 2 aromatic heterocycles. The fraction of sp³-hybridized carbons (Fsp3) is 0.103. The van der Waals surface area contributed by atoms with E-state index in [0.29, 0.717) is 11.5 Å². The van der Waals surface area contributed by atoms with Crippen LogP contribution in [-0.2, 0) is 0 Å². The Balaban J connectivity index is 1.52. The van der Waals surface area contributed by atoms with E-state index >= 15 is 0 Å². The van der Waals surface area contributed by atoms with Gasteiger partial charge in [0.15, 0.2) is 11.5 Å². The topological polar surface area (TPSA) is 49.2 Å². The number of nitrogens with zero attached hydrogens (tertiary/aromatic N) is 3. The van der Waals surface area contributed by atoms with E-state index in [4.69, 9.17) is 19.6 Å². The molecule has 0 atom stereocenters. The summed E-state index contributed by atoms with van der Waals surface area (Å²) in [4.78, 5) is 4.81. The van der Waals surface area contributed by atoms with Crippen molar-refractivity contribution in [1.29, 1.82) is 0 Å². The molecule has 35 heavy (non-hydrogen) atoms. The van der Waals surface area contributed by atoms with Gasteiger partial charge in [-0.05, 0) is 49.4 Å². The molecule has 3 aromatic carbocycles. The van der Waals surface area contributed by atoms with E-state index in [1.54, 1.807) is 25.6 Å². The van der Waals surface area contributed by atoms with Crippen molar-refractivity contribution >= 4 is 23.5 Å². The number of aryl methyl sites for hydroxylation is 1. The van der Waals surface area contributed by atoms with Crippen LogP contribution in [0.2, 0.25) is 0 Å². The summed E-state index contributed by atoms with van der Waals surface area (Å²) < 4.78 is 12.8. The highest BCUT2D eigenvalue weighted by atomic mass is 32.1. The van der Waals surface area contributed by atoms with E-state index in [1.807, 2.05) is 65.5 Å². The molecular formula is C29H25N3O2S. The highest BCUT2D eigenvalue weighted by molar-refractivity contribution is 7.10. The van der Waals surface area contributed by atoms with Crippen molar-refractivity contribution in [2.45, 2.75) is 6.92 Å². The van der Waals surface area contributed by atoms with Crippen molar-refractivity contribution in [3.63, 3.8) is 0 Å². The third kappa shape index (κ3) is 4.88. The second kappa shape index (κ2) is 9.99. The Bertz CT molecular complexity index is 1470. The van der Waals surface area contributed by atoms with Crippen molar-refractivity contribution in [2.24, 2.45) is 0 Å². The van der Waals surface area contributed by atoms with Crippen molar-refractivity contribution < 1.29 is 9.47 Å². The van der Waals surface area contributed by atoms with Gasteiger partial charge in [-0.1, -0.05) is 48.0 Å². The number of para-hydroxylation sites is 1. The van der Waals surface area contributed by atoms with Gasteiger partial charge in [-0.3, -0.25) is 0 Å². The van der Waals surface area contributed by atoms with Gasteiger partial charge in [-0.15, -0.1) is 11.3 Å². The van der Waals surface area contributed by atoms with Crippen LogP contribution >= 0.6 is 11.3 Å². The highest BCUT2D eigenvalue weighted by Gasteiger charge is 2.14. The predicted octanol–water partition coefficient (Wildman–Crippen LogP) is 7.16. The predicted molar refractivity (Wildman–Crippen MR) is 143 cm³/mol. The van der Waals surface area contributed by atoms with Crippen molar-refractivity contribution in [1.82, 2.24) is 14.8 Å². The fourth-order valence-corrected chi connectivity index (χ4v) is 4.53. The lowest BCUT2D eigenvalue weighted by Crippen LogP contribution is -1.94. The Hall–Kier alpha value is -4.16. The lowest BCUT2D eigenvalue weighted by Gasteiger charge is -2.09. The van der Waals surface area contributed by atoms with Crippen LogP contribution in [0.15, 0.2) is 84.4 Å². The zero-order valence-electron chi connectivity index (χ0n) is 19.8. The van der Waals surface area contributed by atoms with E-state index in [2.05, 4.69) is 42.6 Å². The minimum atomic E-state index is 0.664. The second-order valence-corrected chi connectivity index (χ2v) is 8.94. The van der Waals surface area contributed by atoms with E-state index < -0.39 is 0 Å². The van der Waals surface area contributed by atoms with Crippen LogP contribution in [-0.4, -0.2) is 29.0 Å². The fourth-order valence-electron chi connectivity index (χ4n) is 3.81. The van der Waals surface area contributed by atoms with Gasteiger partial charge in [-0.2, -0.15) is 5.10 Å². The third-order valence-corrected chi connectivity index (χ3v) is 6.50. The standard InChI is InChI=1S/C29H25N3O2S/c1-20-9-11-21(12-10-20)25-19-35-28(30-25)16-14-23-18-32(24-7-5-4-6-8-24)31-29(23)22-13-15-26(33-2)27(17-22)34-3/h4-19H,1-3H3. The molecule has 0 fully saturated rings. The monoisotopic (exact) mass is 479 g/mol. The Morgan fingerprint density at radius 3 is 2.31 bits per heavy atom. The molecular weight excluding hydrogens is 454 g/mol. The Morgan fingerprint density at radius 1 is 0.829 bits per heavy atom. The summed E-state index contributed by atoms with van der Waals surface area (Å²) in [5.41, 5.74) is 7.10. The summed E-state index contributed by atoms with van der Waals surface area (Å²) in [6.07, 6.45) is 6.14. The van der Waals surface area contributed by atoms with Crippen molar-refractivity contribution in [3.05, 3.63) is 101 Å².